The molecule has 1 atom stereocenters. The fourth-order valence-electron chi connectivity index (χ4n) is 3.00. The number of anilines is 1. The lowest BCUT2D eigenvalue weighted by Gasteiger charge is -2.28. The van der Waals surface area contributed by atoms with Gasteiger partial charge in [-0.15, -0.1) is 0 Å². The van der Waals surface area contributed by atoms with E-state index in [1.807, 2.05) is 19.1 Å². The lowest BCUT2D eigenvalue weighted by atomic mass is 9.96. The van der Waals surface area contributed by atoms with Crippen LogP contribution in [0.25, 0.3) is 0 Å². The molecule has 0 saturated heterocycles. The number of benzene rings is 1. The highest BCUT2D eigenvalue weighted by atomic mass is 16.6. The first-order valence-corrected chi connectivity index (χ1v) is 9.34. The molecular formula is C20H32N2O4. The Morgan fingerprint density at radius 3 is 2.19 bits per heavy atom. The predicted octanol–water partition coefficient (Wildman–Crippen LogP) is 4.77. The lowest BCUT2D eigenvalue weighted by Crippen LogP contribution is -2.31. The van der Waals surface area contributed by atoms with Crippen LogP contribution in [0.15, 0.2) is 18.2 Å². The monoisotopic (exact) mass is 364 g/mol. The second-order valence-electron chi connectivity index (χ2n) is 7.61. The van der Waals surface area contributed by atoms with Crippen LogP contribution < -0.4 is 4.90 Å². The molecule has 0 bridgehead atoms. The molecule has 1 aromatic rings. The van der Waals surface area contributed by atoms with E-state index >= 15 is 0 Å². The largest absolute Gasteiger partial charge is 0.466 e. The maximum absolute atomic E-state index is 11.7. The van der Waals surface area contributed by atoms with Gasteiger partial charge in [-0.2, -0.15) is 0 Å². The third-order valence-corrected chi connectivity index (χ3v) is 4.06. The summed E-state index contributed by atoms with van der Waals surface area (Å²) in [6, 6.07) is 5.31. The van der Waals surface area contributed by atoms with Gasteiger partial charge in [0.05, 0.1) is 18.0 Å². The summed E-state index contributed by atoms with van der Waals surface area (Å²) in [5.41, 5.74) is 1.52. The highest BCUT2D eigenvalue weighted by Crippen LogP contribution is 2.33. The Kier molecular flexibility index (Phi) is 8.55. The van der Waals surface area contributed by atoms with Crippen molar-refractivity contribution in [1.29, 1.82) is 0 Å². The van der Waals surface area contributed by atoms with Crippen molar-refractivity contribution in [3.05, 3.63) is 33.9 Å². The van der Waals surface area contributed by atoms with Gasteiger partial charge in [0.25, 0.3) is 5.69 Å². The minimum atomic E-state index is -0.330. The van der Waals surface area contributed by atoms with Gasteiger partial charge in [-0.3, -0.25) is 14.9 Å². The van der Waals surface area contributed by atoms with Crippen LogP contribution in [-0.2, 0) is 9.53 Å². The Bertz CT molecular complexity index is 604. The molecule has 0 aliphatic heterocycles. The summed E-state index contributed by atoms with van der Waals surface area (Å²) in [4.78, 5) is 25.1. The molecule has 0 radical (unpaired) electrons. The second kappa shape index (κ2) is 10.1. The molecule has 0 aromatic heterocycles. The quantitative estimate of drug-likeness (QED) is 0.340. The number of ether oxygens (including phenoxy) is 1. The van der Waals surface area contributed by atoms with Crippen molar-refractivity contribution in [2.75, 3.05) is 24.6 Å². The van der Waals surface area contributed by atoms with Crippen molar-refractivity contribution < 1.29 is 14.5 Å². The SMILES string of the molecule is CCOC(=O)CC(C)c1ccc(N(CC(C)C)CC(C)C)c([N+](=O)[O-])c1. The van der Waals surface area contributed by atoms with E-state index in [1.54, 1.807) is 13.0 Å². The van der Waals surface area contributed by atoms with Crippen LogP contribution in [-0.4, -0.2) is 30.6 Å². The summed E-state index contributed by atoms with van der Waals surface area (Å²) in [7, 11) is 0. The summed E-state index contributed by atoms with van der Waals surface area (Å²) in [5, 5.41) is 11.7. The molecule has 0 fully saturated rings. The fourth-order valence-corrected chi connectivity index (χ4v) is 3.00. The number of carbonyl (C=O) groups excluding carboxylic acids is 1. The molecule has 1 rings (SSSR count). The van der Waals surface area contributed by atoms with E-state index in [0.29, 0.717) is 24.1 Å². The fraction of sp³-hybridized carbons (Fsp3) is 0.650. The van der Waals surface area contributed by atoms with Crippen molar-refractivity contribution in [2.45, 2.75) is 53.9 Å². The Balaban J connectivity index is 3.17. The van der Waals surface area contributed by atoms with Crippen LogP contribution in [0, 0.1) is 22.0 Å². The molecule has 6 heteroatoms. The van der Waals surface area contributed by atoms with E-state index in [4.69, 9.17) is 4.74 Å². The maximum atomic E-state index is 11.7. The second-order valence-corrected chi connectivity index (χ2v) is 7.61. The predicted molar refractivity (Wildman–Crippen MR) is 105 cm³/mol. The van der Waals surface area contributed by atoms with Crippen molar-refractivity contribution in [3.8, 4) is 0 Å². The van der Waals surface area contributed by atoms with E-state index in [0.717, 1.165) is 18.7 Å². The molecule has 146 valence electrons. The van der Waals surface area contributed by atoms with Crippen LogP contribution in [0.2, 0.25) is 0 Å². The highest BCUT2D eigenvalue weighted by molar-refractivity contribution is 5.71. The maximum Gasteiger partial charge on any atom is 0.306 e. The summed E-state index contributed by atoms with van der Waals surface area (Å²) < 4.78 is 4.98. The standard InChI is InChI=1S/C20H32N2O4/c1-7-26-20(23)10-16(6)17-8-9-18(19(11-17)22(24)25)21(12-14(2)3)13-15(4)5/h8-9,11,14-16H,7,10,12-13H2,1-6H3. The van der Waals surface area contributed by atoms with E-state index in [1.165, 1.54) is 0 Å². The van der Waals surface area contributed by atoms with Gasteiger partial charge in [0.2, 0.25) is 0 Å². The lowest BCUT2D eigenvalue weighted by molar-refractivity contribution is -0.384. The third kappa shape index (κ3) is 6.65. The molecule has 0 amide bonds. The zero-order valence-electron chi connectivity index (χ0n) is 16.8. The summed E-state index contributed by atoms with van der Waals surface area (Å²) in [6.45, 7) is 13.9. The number of esters is 1. The van der Waals surface area contributed by atoms with Crippen LogP contribution in [0.3, 0.4) is 0 Å². The summed E-state index contributed by atoms with van der Waals surface area (Å²) in [6.07, 6.45) is 0.214. The van der Waals surface area contributed by atoms with Crippen LogP contribution in [0.5, 0.6) is 0 Å². The molecule has 0 aliphatic carbocycles. The zero-order valence-corrected chi connectivity index (χ0v) is 16.8. The molecule has 1 unspecified atom stereocenters. The first-order valence-electron chi connectivity index (χ1n) is 9.34. The topological polar surface area (TPSA) is 72.7 Å². The van der Waals surface area contributed by atoms with Gasteiger partial charge in [0, 0.05) is 19.2 Å². The van der Waals surface area contributed by atoms with E-state index in [9.17, 15) is 14.9 Å². The van der Waals surface area contributed by atoms with Gasteiger partial charge in [0.1, 0.15) is 5.69 Å². The van der Waals surface area contributed by atoms with E-state index < -0.39 is 0 Å². The van der Waals surface area contributed by atoms with Crippen LogP contribution in [0.4, 0.5) is 11.4 Å². The number of nitrogens with zero attached hydrogens (tertiary/aromatic N) is 2. The van der Waals surface area contributed by atoms with Gasteiger partial charge < -0.3 is 9.64 Å². The highest BCUT2D eigenvalue weighted by Gasteiger charge is 2.23. The smallest absolute Gasteiger partial charge is 0.306 e. The molecular weight excluding hydrogens is 332 g/mol. The zero-order chi connectivity index (χ0) is 19.9. The summed E-state index contributed by atoms with van der Waals surface area (Å²) in [5.74, 6) is 0.380. The average molecular weight is 364 g/mol. The van der Waals surface area contributed by atoms with Gasteiger partial charge in [-0.05, 0) is 36.3 Å². The molecule has 26 heavy (non-hydrogen) atoms. The third-order valence-electron chi connectivity index (χ3n) is 4.06. The number of carbonyl (C=O) groups is 1. The van der Waals surface area contributed by atoms with Gasteiger partial charge in [-0.1, -0.05) is 40.7 Å². The number of hydrogen-bond donors (Lipinski definition) is 0. The molecule has 0 aliphatic rings. The van der Waals surface area contributed by atoms with Gasteiger partial charge >= 0.3 is 5.97 Å². The molecule has 0 saturated carbocycles. The van der Waals surface area contributed by atoms with Gasteiger partial charge in [0.15, 0.2) is 0 Å². The first kappa shape index (κ1) is 21.9. The van der Waals surface area contributed by atoms with Crippen molar-refractivity contribution >= 4 is 17.3 Å². The first-order chi connectivity index (χ1) is 12.1. The van der Waals surface area contributed by atoms with Crippen LogP contribution >= 0.6 is 0 Å². The number of nitro benzene ring substituents is 1. The Morgan fingerprint density at radius 1 is 1.15 bits per heavy atom. The number of hydrogen-bond acceptors (Lipinski definition) is 5. The van der Waals surface area contributed by atoms with E-state index in [-0.39, 0.29) is 28.9 Å². The van der Waals surface area contributed by atoms with E-state index in [2.05, 4.69) is 32.6 Å². The number of nitro groups is 1. The van der Waals surface area contributed by atoms with Crippen LogP contribution in [0.1, 0.15) is 59.4 Å². The Hall–Kier alpha value is -2.11. The molecule has 0 N–H and O–H groups in total. The molecule has 0 spiro atoms. The minimum absolute atomic E-state index is 0.0968. The van der Waals surface area contributed by atoms with Crippen molar-refractivity contribution in [1.82, 2.24) is 0 Å². The average Bonchev–Trinajstić information content (AvgIpc) is 2.52. The van der Waals surface area contributed by atoms with Crippen molar-refractivity contribution in [3.63, 3.8) is 0 Å². The summed E-state index contributed by atoms with van der Waals surface area (Å²) >= 11 is 0. The minimum Gasteiger partial charge on any atom is -0.466 e. The Labute approximate surface area is 156 Å². The normalized spacial score (nSPS) is 12.3. The molecule has 0 heterocycles. The van der Waals surface area contributed by atoms with Crippen molar-refractivity contribution in [2.24, 2.45) is 11.8 Å². The number of rotatable bonds is 10. The molecule has 6 nitrogen and oxygen atoms in total. The molecule has 1 aromatic carbocycles. The Morgan fingerprint density at radius 2 is 1.73 bits per heavy atom. The van der Waals surface area contributed by atoms with Gasteiger partial charge in [-0.25, -0.2) is 0 Å².